The van der Waals surface area contributed by atoms with E-state index in [0.717, 1.165) is 22.3 Å². The van der Waals surface area contributed by atoms with E-state index in [-0.39, 0.29) is 10.7 Å². The summed E-state index contributed by atoms with van der Waals surface area (Å²) in [6, 6.07) is 9.93. The lowest BCUT2D eigenvalue weighted by molar-refractivity contribution is -0.144. The number of aryl methyl sites for hydroxylation is 4. The highest BCUT2D eigenvalue weighted by Gasteiger charge is 2.23. The number of benzene rings is 2. The number of carbonyl (C=O) groups excluding carboxylic acids is 2. The highest BCUT2D eigenvalue weighted by atomic mass is 32.2. The number of sulfonamides is 1. The van der Waals surface area contributed by atoms with E-state index < -0.39 is 28.6 Å². The number of Topliss-reactive ketones (excluding diaryl/α,β-unsaturated/α-hetero) is 1. The second kappa shape index (κ2) is 8.67. The number of carbonyl (C=O) groups is 2. The predicted octanol–water partition coefficient (Wildman–Crippen LogP) is 3.01. The van der Waals surface area contributed by atoms with Crippen molar-refractivity contribution in [1.29, 1.82) is 0 Å². The lowest BCUT2D eigenvalue weighted by Crippen LogP contribution is -2.34. The van der Waals surface area contributed by atoms with Crippen molar-refractivity contribution in [1.82, 2.24) is 4.72 Å². The molecule has 0 radical (unpaired) electrons. The Labute approximate surface area is 166 Å². The Bertz CT molecular complexity index is 994. The quantitative estimate of drug-likeness (QED) is 0.567. The number of nitrogens with one attached hydrogen (secondary N) is 1. The number of ketones is 1. The van der Waals surface area contributed by atoms with Gasteiger partial charge in [-0.1, -0.05) is 23.8 Å². The van der Waals surface area contributed by atoms with Gasteiger partial charge in [-0.2, -0.15) is 4.72 Å². The topological polar surface area (TPSA) is 89.5 Å². The first-order valence-electron chi connectivity index (χ1n) is 8.89. The zero-order valence-electron chi connectivity index (χ0n) is 16.7. The van der Waals surface area contributed by atoms with Gasteiger partial charge in [-0.3, -0.25) is 9.59 Å². The first-order valence-corrected chi connectivity index (χ1v) is 10.4. The number of esters is 1. The molecule has 0 aliphatic rings. The van der Waals surface area contributed by atoms with Crippen LogP contribution in [-0.4, -0.2) is 32.8 Å². The summed E-state index contributed by atoms with van der Waals surface area (Å²) >= 11 is 0. The first-order chi connectivity index (χ1) is 13.0. The third-order valence-corrected chi connectivity index (χ3v) is 5.94. The zero-order valence-corrected chi connectivity index (χ0v) is 17.5. The SMILES string of the molecule is Cc1ccc(S(=O)(=O)NCC(=O)O[C@H](C)C(=O)c2cc(C)c(C)cc2C)cc1. The van der Waals surface area contributed by atoms with Crippen molar-refractivity contribution in [3.05, 3.63) is 64.2 Å². The molecular formula is C21H25NO5S. The number of ether oxygens (including phenoxy) is 1. The average molecular weight is 404 g/mol. The summed E-state index contributed by atoms with van der Waals surface area (Å²) in [4.78, 5) is 24.7. The van der Waals surface area contributed by atoms with Crippen LogP contribution in [0, 0.1) is 27.7 Å². The average Bonchev–Trinajstić information content (AvgIpc) is 2.63. The third kappa shape index (κ3) is 5.27. The Kier molecular flexibility index (Phi) is 6.74. The minimum absolute atomic E-state index is 0.0563. The van der Waals surface area contributed by atoms with Crippen LogP contribution in [0.25, 0.3) is 0 Å². The molecule has 28 heavy (non-hydrogen) atoms. The fourth-order valence-corrected chi connectivity index (χ4v) is 3.66. The summed E-state index contributed by atoms with van der Waals surface area (Å²) in [6.45, 7) is 8.45. The van der Waals surface area contributed by atoms with Crippen LogP contribution in [0.2, 0.25) is 0 Å². The molecule has 0 spiro atoms. The molecule has 0 aromatic heterocycles. The van der Waals surface area contributed by atoms with Gasteiger partial charge in [0.2, 0.25) is 15.8 Å². The molecule has 0 heterocycles. The second-order valence-electron chi connectivity index (χ2n) is 6.89. The van der Waals surface area contributed by atoms with Gasteiger partial charge in [-0.15, -0.1) is 0 Å². The summed E-state index contributed by atoms with van der Waals surface area (Å²) in [5.74, 6) is -1.15. The van der Waals surface area contributed by atoms with E-state index in [1.807, 2.05) is 33.8 Å². The Morgan fingerprint density at radius 2 is 1.54 bits per heavy atom. The molecule has 7 heteroatoms. The Morgan fingerprint density at radius 3 is 2.14 bits per heavy atom. The normalized spacial score (nSPS) is 12.5. The molecule has 0 aliphatic heterocycles. The second-order valence-corrected chi connectivity index (χ2v) is 8.65. The standard InChI is InChI=1S/C21H25NO5S/c1-13-6-8-18(9-7-13)28(25,26)22-12-20(23)27-17(5)21(24)19-11-15(3)14(2)10-16(19)4/h6-11,17,22H,12H2,1-5H3/t17-/m1/s1. The van der Waals surface area contributed by atoms with Gasteiger partial charge >= 0.3 is 5.97 Å². The van der Waals surface area contributed by atoms with Crippen LogP contribution in [0.4, 0.5) is 0 Å². The molecule has 0 saturated heterocycles. The van der Waals surface area contributed by atoms with Crippen molar-refractivity contribution >= 4 is 21.8 Å². The maximum Gasteiger partial charge on any atom is 0.321 e. The molecule has 6 nitrogen and oxygen atoms in total. The van der Waals surface area contributed by atoms with Gasteiger partial charge < -0.3 is 4.74 Å². The molecule has 2 rings (SSSR count). The highest BCUT2D eigenvalue weighted by molar-refractivity contribution is 7.89. The Morgan fingerprint density at radius 1 is 0.964 bits per heavy atom. The molecule has 1 atom stereocenters. The summed E-state index contributed by atoms with van der Waals surface area (Å²) in [5, 5.41) is 0. The van der Waals surface area contributed by atoms with Crippen LogP contribution in [0.1, 0.15) is 39.5 Å². The van der Waals surface area contributed by atoms with Gasteiger partial charge in [0.1, 0.15) is 6.54 Å². The van der Waals surface area contributed by atoms with Gasteiger partial charge in [-0.25, -0.2) is 8.42 Å². The van der Waals surface area contributed by atoms with E-state index in [4.69, 9.17) is 4.74 Å². The molecule has 2 aromatic carbocycles. The van der Waals surface area contributed by atoms with E-state index in [1.54, 1.807) is 18.2 Å². The van der Waals surface area contributed by atoms with E-state index in [2.05, 4.69) is 4.72 Å². The Balaban J connectivity index is 2.00. The summed E-state index contributed by atoms with van der Waals surface area (Å²) in [7, 11) is -3.83. The minimum atomic E-state index is -3.83. The largest absolute Gasteiger partial charge is 0.453 e. The summed E-state index contributed by atoms with van der Waals surface area (Å²) < 4.78 is 31.8. The van der Waals surface area contributed by atoms with E-state index in [0.29, 0.717) is 5.56 Å². The molecule has 0 amide bonds. The first kappa shape index (κ1) is 21.8. The number of hydrogen-bond acceptors (Lipinski definition) is 5. The van der Waals surface area contributed by atoms with Gasteiger partial charge in [0.15, 0.2) is 6.10 Å². The van der Waals surface area contributed by atoms with Gasteiger partial charge in [-0.05, 0) is 69.5 Å². The van der Waals surface area contributed by atoms with Crippen molar-refractivity contribution in [2.24, 2.45) is 0 Å². The molecular weight excluding hydrogens is 378 g/mol. The lowest BCUT2D eigenvalue weighted by Gasteiger charge is -2.15. The molecule has 0 aliphatic carbocycles. The van der Waals surface area contributed by atoms with Crippen molar-refractivity contribution in [3.63, 3.8) is 0 Å². The van der Waals surface area contributed by atoms with E-state index >= 15 is 0 Å². The summed E-state index contributed by atoms with van der Waals surface area (Å²) in [5.41, 5.74) is 4.26. The zero-order chi connectivity index (χ0) is 21.1. The van der Waals surface area contributed by atoms with Crippen LogP contribution in [-0.2, 0) is 19.6 Å². The van der Waals surface area contributed by atoms with Crippen LogP contribution < -0.4 is 4.72 Å². The van der Waals surface area contributed by atoms with Crippen molar-refractivity contribution in [3.8, 4) is 0 Å². The summed E-state index contributed by atoms with van der Waals surface area (Å²) in [6.07, 6.45) is -1.02. The fourth-order valence-electron chi connectivity index (χ4n) is 2.69. The molecule has 0 saturated carbocycles. The smallest absolute Gasteiger partial charge is 0.321 e. The molecule has 1 N–H and O–H groups in total. The van der Waals surface area contributed by atoms with Crippen LogP contribution in [0.3, 0.4) is 0 Å². The lowest BCUT2D eigenvalue weighted by atomic mass is 9.96. The van der Waals surface area contributed by atoms with E-state index in [1.165, 1.54) is 19.1 Å². The molecule has 2 aromatic rings. The van der Waals surface area contributed by atoms with Crippen LogP contribution in [0.5, 0.6) is 0 Å². The van der Waals surface area contributed by atoms with Crippen molar-refractivity contribution in [2.75, 3.05) is 6.54 Å². The predicted molar refractivity (Wildman–Crippen MR) is 107 cm³/mol. The van der Waals surface area contributed by atoms with Crippen LogP contribution in [0.15, 0.2) is 41.3 Å². The van der Waals surface area contributed by atoms with Gasteiger partial charge in [0.25, 0.3) is 0 Å². The number of rotatable bonds is 7. The number of hydrogen-bond donors (Lipinski definition) is 1. The molecule has 0 bridgehead atoms. The van der Waals surface area contributed by atoms with Gasteiger partial charge in [0, 0.05) is 5.56 Å². The van der Waals surface area contributed by atoms with Crippen molar-refractivity contribution in [2.45, 2.75) is 45.6 Å². The van der Waals surface area contributed by atoms with Gasteiger partial charge in [0.05, 0.1) is 4.90 Å². The maximum atomic E-state index is 12.6. The van der Waals surface area contributed by atoms with Crippen molar-refractivity contribution < 1.29 is 22.7 Å². The fraction of sp³-hybridized carbons (Fsp3) is 0.333. The third-order valence-electron chi connectivity index (χ3n) is 4.52. The monoisotopic (exact) mass is 403 g/mol. The molecule has 150 valence electrons. The Hall–Kier alpha value is -2.51. The maximum absolute atomic E-state index is 12.6. The molecule has 0 unspecified atom stereocenters. The molecule has 0 fully saturated rings. The van der Waals surface area contributed by atoms with Crippen LogP contribution >= 0.6 is 0 Å². The van der Waals surface area contributed by atoms with E-state index in [9.17, 15) is 18.0 Å². The minimum Gasteiger partial charge on any atom is -0.453 e. The highest BCUT2D eigenvalue weighted by Crippen LogP contribution is 2.18.